The van der Waals surface area contributed by atoms with Gasteiger partial charge in [-0.1, -0.05) is 45.5 Å². The van der Waals surface area contributed by atoms with Crippen LogP contribution in [0.5, 0.6) is 11.5 Å². The first-order valence-electron chi connectivity index (χ1n) is 13.3. The number of hydrogen-bond acceptors (Lipinski definition) is 9. The van der Waals surface area contributed by atoms with Gasteiger partial charge in [-0.05, 0) is 81.5 Å². The third-order valence-corrected chi connectivity index (χ3v) is 8.30. The molecule has 0 spiro atoms. The van der Waals surface area contributed by atoms with Crippen molar-refractivity contribution < 1.29 is 28.5 Å². The molecule has 0 aliphatic carbocycles. The molecule has 1 atom stereocenters. The predicted molar refractivity (Wildman–Crippen MR) is 172 cm³/mol. The molecule has 0 bridgehead atoms. The molecule has 2 heterocycles. The van der Waals surface area contributed by atoms with Gasteiger partial charge < -0.3 is 18.9 Å². The van der Waals surface area contributed by atoms with E-state index < -0.39 is 18.0 Å². The summed E-state index contributed by atoms with van der Waals surface area (Å²) >= 11 is 6.82. The molecule has 4 rings (SSSR count). The molecule has 0 radical (unpaired) electrons. The van der Waals surface area contributed by atoms with E-state index in [0.29, 0.717) is 37.7 Å². The van der Waals surface area contributed by atoms with E-state index >= 15 is 0 Å². The minimum Gasteiger partial charge on any atom is -0.491 e. The van der Waals surface area contributed by atoms with Gasteiger partial charge in [-0.15, -0.1) is 0 Å². The summed E-state index contributed by atoms with van der Waals surface area (Å²) in [5.41, 5.74) is 1.62. The van der Waals surface area contributed by atoms with Crippen molar-refractivity contribution >= 4 is 67.9 Å². The van der Waals surface area contributed by atoms with Gasteiger partial charge >= 0.3 is 11.9 Å². The normalized spacial score (nSPS) is 14.9. The van der Waals surface area contributed by atoms with Gasteiger partial charge in [0.05, 0.1) is 38.7 Å². The van der Waals surface area contributed by atoms with Crippen molar-refractivity contribution in [1.82, 2.24) is 4.57 Å². The zero-order valence-corrected chi connectivity index (χ0v) is 28.3. The van der Waals surface area contributed by atoms with Crippen molar-refractivity contribution in [3.05, 3.63) is 86.5 Å². The lowest BCUT2D eigenvalue weighted by molar-refractivity contribution is -0.145. The van der Waals surface area contributed by atoms with E-state index in [1.54, 1.807) is 32.9 Å². The van der Waals surface area contributed by atoms with E-state index in [9.17, 15) is 14.4 Å². The first kappa shape index (κ1) is 32.0. The van der Waals surface area contributed by atoms with Crippen molar-refractivity contribution in [2.75, 3.05) is 19.8 Å². The monoisotopic (exact) mass is 768 g/mol. The number of para-hydroxylation sites is 1. The standard InChI is InChI=1S/C30H30BrIN2O7S/c1-6-38-24(35)15-40-27-18(12-19(31)14-21(27)32)13-23-28(36)34-26(20-10-8-9-11-22(20)41-16(3)4)25(29(37)39-7-2)17(5)33-30(34)42-23/h8-14,16,26H,6-7,15H2,1-5H3/b23-13-/t26-/m0/s1. The smallest absolute Gasteiger partial charge is 0.344 e. The number of esters is 2. The summed E-state index contributed by atoms with van der Waals surface area (Å²) in [6.07, 6.45) is 1.57. The Kier molecular flexibility index (Phi) is 10.7. The molecule has 3 aromatic rings. The van der Waals surface area contributed by atoms with Crippen LogP contribution in [0.15, 0.2) is 61.9 Å². The molecule has 1 aromatic heterocycles. The average Bonchev–Trinajstić information content (AvgIpc) is 3.21. The van der Waals surface area contributed by atoms with Gasteiger partial charge in [-0.2, -0.15) is 0 Å². The Morgan fingerprint density at radius 3 is 2.57 bits per heavy atom. The Morgan fingerprint density at radius 1 is 1.17 bits per heavy atom. The summed E-state index contributed by atoms with van der Waals surface area (Å²) in [6, 6.07) is 10.2. The Balaban J connectivity index is 1.93. The fourth-order valence-electron chi connectivity index (χ4n) is 4.47. The maximum Gasteiger partial charge on any atom is 0.344 e. The van der Waals surface area contributed by atoms with E-state index in [2.05, 4.69) is 43.5 Å². The Bertz CT molecular complexity index is 1730. The highest BCUT2D eigenvalue weighted by molar-refractivity contribution is 14.1. The molecule has 1 aliphatic rings. The first-order chi connectivity index (χ1) is 20.0. The summed E-state index contributed by atoms with van der Waals surface area (Å²) < 4.78 is 25.7. The van der Waals surface area contributed by atoms with Gasteiger partial charge in [0.1, 0.15) is 17.5 Å². The molecule has 12 heteroatoms. The summed E-state index contributed by atoms with van der Waals surface area (Å²) in [5.74, 6) is -0.0487. The van der Waals surface area contributed by atoms with Gasteiger partial charge in [-0.25, -0.2) is 14.6 Å². The molecule has 1 aliphatic heterocycles. The highest BCUT2D eigenvalue weighted by atomic mass is 127. The topological polar surface area (TPSA) is 105 Å². The number of fused-ring (bicyclic) bond motifs is 1. The second-order valence-corrected chi connectivity index (χ2v) is 12.5. The zero-order chi connectivity index (χ0) is 30.6. The zero-order valence-electron chi connectivity index (χ0n) is 23.7. The van der Waals surface area contributed by atoms with Gasteiger partial charge in [0.15, 0.2) is 11.4 Å². The minimum atomic E-state index is -0.820. The minimum absolute atomic E-state index is 0.134. The number of benzene rings is 2. The molecular weight excluding hydrogens is 739 g/mol. The summed E-state index contributed by atoms with van der Waals surface area (Å²) in [5, 5.41) is 0. The second-order valence-electron chi connectivity index (χ2n) is 9.41. The third-order valence-electron chi connectivity index (χ3n) is 6.06. The molecule has 222 valence electrons. The average molecular weight is 769 g/mol. The molecule has 2 aromatic carbocycles. The van der Waals surface area contributed by atoms with Crippen molar-refractivity contribution in [2.24, 2.45) is 4.99 Å². The summed E-state index contributed by atoms with van der Waals surface area (Å²) in [7, 11) is 0. The third kappa shape index (κ3) is 6.97. The van der Waals surface area contributed by atoms with Crippen LogP contribution in [-0.4, -0.2) is 42.4 Å². The highest BCUT2D eigenvalue weighted by Crippen LogP contribution is 2.36. The highest BCUT2D eigenvalue weighted by Gasteiger charge is 2.35. The van der Waals surface area contributed by atoms with E-state index in [1.165, 1.54) is 15.9 Å². The van der Waals surface area contributed by atoms with Crippen LogP contribution in [0.2, 0.25) is 0 Å². The predicted octanol–water partition coefficient (Wildman–Crippen LogP) is 4.89. The molecule has 0 unspecified atom stereocenters. The molecule has 0 saturated heterocycles. The lowest BCUT2D eigenvalue weighted by Crippen LogP contribution is -2.40. The fraction of sp³-hybridized carbons (Fsp3) is 0.333. The number of ether oxygens (including phenoxy) is 4. The number of allylic oxidation sites excluding steroid dienone is 1. The second kappa shape index (κ2) is 14.0. The lowest BCUT2D eigenvalue weighted by Gasteiger charge is -2.26. The van der Waals surface area contributed by atoms with Crippen molar-refractivity contribution in [2.45, 2.75) is 46.8 Å². The number of carbonyl (C=O) groups is 2. The van der Waals surface area contributed by atoms with E-state index in [0.717, 1.165) is 8.04 Å². The van der Waals surface area contributed by atoms with Crippen molar-refractivity contribution in [1.29, 1.82) is 0 Å². The van der Waals surface area contributed by atoms with Crippen LogP contribution < -0.4 is 24.4 Å². The van der Waals surface area contributed by atoms with Crippen LogP contribution in [0.3, 0.4) is 0 Å². The number of hydrogen-bond donors (Lipinski definition) is 0. The fourth-order valence-corrected chi connectivity index (χ4v) is 7.21. The first-order valence-corrected chi connectivity index (χ1v) is 16.0. The van der Waals surface area contributed by atoms with E-state index in [-0.39, 0.29) is 37.1 Å². The van der Waals surface area contributed by atoms with Crippen molar-refractivity contribution in [3.63, 3.8) is 0 Å². The largest absolute Gasteiger partial charge is 0.491 e. The van der Waals surface area contributed by atoms with Crippen LogP contribution in [0.25, 0.3) is 6.08 Å². The number of aromatic nitrogens is 1. The number of halogens is 2. The number of rotatable bonds is 10. The summed E-state index contributed by atoms with van der Waals surface area (Å²) in [6.45, 7) is 9.16. The van der Waals surface area contributed by atoms with Crippen LogP contribution in [0, 0.1) is 3.57 Å². The Hall–Kier alpha value is -2.97. The van der Waals surface area contributed by atoms with Gasteiger partial charge in [0.25, 0.3) is 5.56 Å². The van der Waals surface area contributed by atoms with Gasteiger partial charge in [0, 0.05) is 15.6 Å². The number of carbonyl (C=O) groups excluding carboxylic acids is 2. The van der Waals surface area contributed by atoms with E-state index in [1.807, 2.05) is 44.2 Å². The maximum atomic E-state index is 14.1. The molecular formula is C30H30BrIN2O7S. The summed E-state index contributed by atoms with van der Waals surface area (Å²) in [4.78, 5) is 44.5. The van der Waals surface area contributed by atoms with Crippen LogP contribution in [-0.2, 0) is 19.1 Å². The van der Waals surface area contributed by atoms with Crippen LogP contribution in [0.1, 0.15) is 51.8 Å². The molecule has 0 amide bonds. The van der Waals surface area contributed by atoms with Crippen LogP contribution >= 0.6 is 49.9 Å². The molecule has 0 N–H and O–H groups in total. The van der Waals surface area contributed by atoms with Gasteiger partial charge in [0.2, 0.25) is 0 Å². The lowest BCUT2D eigenvalue weighted by atomic mass is 9.95. The quantitative estimate of drug-likeness (QED) is 0.214. The molecule has 9 nitrogen and oxygen atoms in total. The number of thiazole rings is 1. The molecule has 0 fully saturated rings. The van der Waals surface area contributed by atoms with Crippen LogP contribution in [0.4, 0.5) is 0 Å². The van der Waals surface area contributed by atoms with E-state index in [4.69, 9.17) is 18.9 Å². The molecule has 42 heavy (non-hydrogen) atoms. The Morgan fingerprint density at radius 2 is 1.88 bits per heavy atom. The Labute approximate surface area is 269 Å². The maximum absolute atomic E-state index is 14.1. The number of nitrogens with zero attached hydrogens (tertiary/aromatic N) is 2. The molecule has 0 saturated carbocycles. The van der Waals surface area contributed by atoms with Gasteiger partial charge in [-0.3, -0.25) is 9.36 Å². The van der Waals surface area contributed by atoms with Crippen molar-refractivity contribution in [3.8, 4) is 11.5 Å². The SMILES string of the molecule is CCOC(=O)COc1c(I)cc(Br)cc1/C=c1\sc2n(c1=O)[C@@H](c1ccccc1OC(C)C)C(C(=O)OCC)=C(C)N=2.